The first-order valence-electron chi connectivity index (χ1n) is 6.99. The second-order valence-corrected chi connectivity index (χ2v) is 7.13. The summed E-state index contributed by atoms with van der Waals surface area (Å²) in [5.41, 5.74) is 0.935. The van der Waals surface area contributed by atoms with Gasteiger partial charge in [-0.15, -0.1) is 11.3 Å². The molecule has 106 valence electrons. The van der Waals surface area contributed by atoms with E-state index < -0.39 is 0 Å². The highest BCUT2D eigenvalue weighted by Crippen LogP contribution is 2.40. The van der Waals surface area contributed by atoms with Gasteiger partial charge in [0.15, 0.2) is 0 Å². The number of nitrogens with one attached hydrogen (secondary N) is 1. The van der Waals surface area contributed by atoms with Crippen molar-refractivity contribution < 1.29 is 0 Å². The first-order chi connectivity index (χ1) is 9.74. The summed E-state index contributed by atoms with van der Waals surface area (Å²) < 4.78 is 0. The molecule has 0 saturated heterocycles. The van der Waals surface area contributed by atoms with Gasteiger partial charge in [0.25, 0.3) is 0 Å². The molecule has 1 nitrogen and oxygen atoms in total. The number of thiophene rings is 1. The highest BCUT2D eigenvalue weighted by molar-refractivity contribution is 7.10. The van der Waals surface area contributed by atoms with Crippen LogP contribution >= 0.6 is 34.5 Å². The van der Waals surface area contributed by atoms with Gasteiger partial charge in [-0.05, 0) is 48.4 Å². The molecule has 1 aromatic carbocycles. The molecule has 0 radical (unpaired) electrons. The third kappa shape index (κ3) is 3.13. The molecule has 1 fully saturated rings. The summed E-state index contributed by atoms with van der Waals surface area (Å²) in [6.45, 7) is 0. The quantitative estimate of drug-likeness (QED) is 0.685. The summed E-state index contributed by atoms with van der Waals surface area (Å²) >= 11 is 14.2. The molecule has 1 N–H and O–H groups in total. The predicted octanol–water partition coefficient (Wildman–Crippen LogP) is 6.40. The second-order valence-electron chi connectivity index (χ2n) is 5.31. The first-order valence-corrected chi connectivity index (χ1v) is 8.62. The Kier molecular flexibility index (Phi) is 4.54. The molecule has 0 aliphatic heterocycles. The second kappa shape index (κ2) is 6.38. The lowest BCUT2D eigenvalue weighted by Gasteiger charge is -2.25. The molecule has 4 heteroatoms. The van der Waals surface area contributed by atoms with E-state index in [4.69, 9.17) is 23.2 Å². The number of benzene rings is 1. The standard InChI is InChI=1S/C16H17Cl2NS/c17-12-7-8-13(18)14(10-12)19-16(11-4-1-2-5-11)15-6-3-9-20-15/h3,6-11,16,19H,1-2,4-5H2. The SMILES string of the molecule is Clc1ccc(Cl)c(NC(c2cccs2)C2CCCC2)c1. The highest BCUT2D eigenvalue weighted by atomic mass is 35.5. The number of hydrogen-bond acceptors (Lipinski definition) is 2. The van der Waals surface area contributed by atoms with Crippen molar-refractivity contribution in [3.05, 3.63) is 50.6 Å². The molecular weight excluding hydrogens is 309 g/mol. The van der Waals surface area contributed by atoms with Crippen LogP contribution in [0.4, 0.5) is 5.69 Å². The van der Waals surface area contributed by atoms with Crippen molar-refractivity contribution in [1.29, 1.82) is 0 Å². The minimum Gasteiger partial charge on any atom is -0.376 e. The zero-order valence-corrected chi connectivity index (χ0v) is 13.4. The van der Waals surface area contributed by atoms with E-state index >= 15 is 0 Å². The van der Waals surface area contributed by atoms with Crippen LogP contribution in [0.5, 0.6) is 0 Å². The van der Waals surface area contributed by atoms with Crippen LogP contribution in [-0.4, -0.2) is 0 Å². The molecular formula is C16H17Cl2NS. The van der Waals surface area contributed by atoms with E-state index in [1.54, 1.807) is 0 Å². The van der Waals surface area contributed by atoms with E-state index in [-0.39, 0.29) is 0 Å². The Labute approximate surface area is 133 Å². The fraction of sp³-hybridized carbons (Fsp3) is 0.375. The molecule has 3 rings (SSSR count). The Balaban J connectivity index is 1.88. The Bertz CT molecular complexity index is 562. The van der Waals surface area contributed by atoms with Crippen molar-refractivity contribution in [2.45, 2.75) is 31.7 Å². The third-order valence-corrected chi connectivity index (χ3v) is 5.48. The fourth-order valence-electron chi connectivity index (χ4n) is 2.96. The van der Waals surface area contributed by atoms with Gasteiger partial charge in [0, 0.05) is 9.90 Å². The van der Waals surface area contributed by atoms with Gasteiger partial charge >= 0.3 is 0 Å². The number of anilines is 1. The van der Waals surface area contributed by atoms with Crippen LogP contribution in [0.1, 0.15) is 36.6 Å². The van der Waals surface area contributed by atoms with E-state index in [9.17, 15) is 0 Å². The lowest BCUT2D eigenvalue weighted by Crippen LogP contribution is -2.18. The Morgan fingerprint density at radius 2 is 1.95 bits per heavy atom. The van der Waals surface area contributed by atoms with Crippen LogP contribution in [0.15, 0.2) is 35.7 Å². The summed E-state index contributed by atoms with van der Waals surface area (Å²) in [4.78, 5) is 1.38. The maximum Gasteiger partial charge on any atom is 0.0638 e. The van der Waals surface area contributed by atoms with Crippen molar-refractivity contribution in [3.63, 3.8) is 0 Å². The molecule has 0 amide bonds. The molecule has 1 atom stereocenters. The van der Waals surface area contributed by atoms with Gasteiger partial charge in [-0.25, -0.2) is 0 Å². The summed E-state index contributed by atoms with van der Waals surface area (Å²) in [5, 5.41) is 7.21. The van der Waals surface area contributed by atoms with Crippen LogP contribution in [0, 0.1) is 5.92 Å². The smallest absolute Gasteiger partial charge is 0.0638 e. The summed E-state index contributed by atoms with van der Waals surface area (Å²) in [5.74, 6) is 0.684. The van der Waals surface area contributed by atoms with Gasteiger partial charge in [-0.2, -0.15) is 0 Å². The normalized spacial score (nSPS) is 17.3. The number of rotatable bonds is 4. The lowest BCUT2D eigenvalue weighted by atomic mass is 9.96. The maximum atomic E-state index is 6.29. The van der Waals surface area contributed by atoms with E-state index in [0.717, 1.165) is 10.7 Å². The molecule has 0 spiro atoms. The predicted molar refractivity (Wildman–Crippen MR) is 89.1 cm³/mol. The number of hydrogen-bond donors (Lipinski definition) is 1. The molecule has 1 aliphatic rings. The van der Waals surface area contributed by atoms with E-state index in [1.807, 2.05) is 29.5 Å². The first kappa shape index (κ1) is 14.2. The average Bonchev–Trinajstić information content (AvgIpc) is 3.12. The van der Waals surface area contributed by atoms with Gasteiger partial charge in [0.2, 0.25) is 0 Å². The van der Waals surface area contributed by atoms with Crippen LogP contribution in [0.25, 0.3) is 0 Å². The zero-order valence-electron chi connectivity index (χ0n) is 11.1. The van der Waals surface area contributed by atoms with E-state index in [0.29, 0.717) is 17.0 Å². The number of halogens is 2. The molecule has 1 aromatic heterocycles. The van der Waals surface area contributed by atoms with Crippen LogP contribution in [-0.2, 0) is 0 Å². The molecule has 1 saturated carbocycles. The lowest BCUT2D eigenvalue weighted by molar-refractivity contribution is 0.475. The summed E-state index contributed by atoms with van der Waals surface area (Å²) in [6, 6.07) is 10.3. The van der Waals surface area contributed by atoms with Crippen molar-refractivity contribution >= 4 is 40.2 Å². The zero-order chi connectivity index (χ0) is 13.9. The summed E-state index contributed by atoms with van der Waals surface area (Å²) in [7, 11) is 0. The average molecular weight is 326 g/mol. The fourth-order valence-corrected chi connectivity index (χ4v) is 4.17. The summed E-state index contributed by atoms with van der Waals surface area (Å²) in [6.07, 6.45) is 5.23. The molecule has 2 aromatic rings. The Morgan fingerprint density at radius 1 is 1.15 bits per heavy atom. The third-order valence-electron chi connectivity index (χ3n) is 3.96. The maximum absolute atomic E-state index is 6.29. The minimum atomic E-state index is 0.341. The Hall–Kier alpha value is -0.700. The van der Waals surface area contributed by atoms with Gasteiger partial charge < -0.3 is 5.32 Å². The molecule has 1 heterocycles. The molecule has 20 heavy (non-hydrogen) atoms. The van der Waals surface area contributed by atoms with Crippen molar-refractivity contribution in [2.24, 2.45) is 5.92 Å². The van der Waals surface area contributed by atoms with Gasteiger partial charge in [0.1, 0.15) is 0 Å². The molecule has 0 bridgehead atoms. The van der Waals surface area contributed by atoms with Crippen LogP contribution in [0.3, 0.4) is 0 Å². The van der Waals surface area contributed by atoms with Crippen LogP contribution < -0.4 is 5.32 Å². The minimum absolute atomic E-state index is 0.341. The van der Waals surface area contributed by atoms with Crippen molar-refractivity contribution in [1.82, 2.24) is 0 Å². The molecule has 1 unspecified atom stereocenters. The van der Waals surface area contributed by atoms with Crippen molar-refractivity contribution in [3.8, 4) is 0 Å². The highest BCUT2D eigenvalue weighted by Gasteiger charge is 2.27. The van der Waals surface area contributed by atoms with E-state index in [2.05, 4.69) is 22.8 Å². The van der Waals surface area contributed by atoms with Gasteiger partial charge in [0.05, 0.1) is 16.8 Å². The van der Waals surface area contributed by atoms with Gasteiger partial charge in [-0.3, -0.25) is 0 Å². The largest absolute Gasteiger partial charge is 0.376 e. The topological polar surface area (TPSA) is 12.0 Å². The van der Waals surface area contributed by atoms with Crippen molar-refractivity contribution in [2.75, 3.05) is 5.32 Å². The monoisotopic (exact) mass is 325 g/mol. The van der Waals surface area contributed by atoms with Gasteiger partial charge in [-0.1, -0.05) is 42.1 Å². The molecule has 1 aliphatic carbocycles. The van der Waals surface area contributed by atoms with Crippen LogP contribution in [0.2, 0.25) is 10.0 Å². The Morgan fingerprint density at radius 3 is 2.65 bits per heavy atom. The van der Waals surface area contributed by atoms with E-state index in [1.165, 1.54) is 30.6 Å².